The molecule has 0 atom stereocenters. The van der Waals surface area contributed by atoms with Crippen molar-refractivity contribution in [3.05, 3.63) is 42.2 Å². The van der Waals surface area contributed by atoms with Gasteiger partial charge in [-0.2, -0.15) is 0 Å². The lowest BCUT2D eigenvalue weighted by molar-refractivity contribution is 0.0302. The highest BCUT2D eigenvalue weighted by Crippen LogP contribution is 2.25. The van der Waals surface area contributed by atoms with Gasteiger partial charge < -0.3 is 19.7 Å². The van der Waals surface area contributed by atoms with Crippen molar-refractivity contribution in [2.75, 3.05) is 38.7 Å². The Kier molecular flexibility index (Phi) is 4.68. The lowest BCUT2D eigenvalue weighted by atomic mass is 10.2. The number of carbonyl (C=O) groups excluding carboxylic acids is 1. The summed E-state index contributed by atoms with van der Waals surface area (Å²) in [6.07, 6.45) is 3.06. The number of morpholine rings is 1. The number of nitrogens with one attached hydrogen (secondary N) is 1. The highest BCUT2D eigenvalue weighted by molar-refractivity contribution is 5.93. The third-order valence-electron chi connectivity index (χ3n) is 3.55. The Bertz CT molecular complexity index is 669. The number of carbonyl (C=O) groups is 1. The fourth-order valence-corrected chi connectivity index (χ4v) is 2.32. The summed E-state index contributed by atoms with van der Waals surface area (Å²) in [5.74, 6) is 1.04. The zero-order chi connectivity index (χ0) is 16.1. The Hall–Kier alpha value is -2.67. The molecule has 7 nitrogen and oxygen atoms in total. The van der Waals surface area contributed by atoms with Crippen molar-refractivity contribution < 1.29 is 14.3 Å². The summed E-state index contributed by atoms with van der Waals surface area (Å²) in [6.45, 7) is 2.33. The average molecular weight is 314 g/mol. The van der Waals surface area contributed by atoms with Crippen LogP contribution in [0.5, 0.6) is 5.75 Å². The molecule has 3 rings (SSSR count). The summed E-state index contributed by atoms with van der Waals surface area (Å²) in [7, 11) is 1.60. The number of nitrogens with zero attached hydrogens (tertiary/aromatic N) is 3. The highest BCUT2D eigenvalue weighted by Gasteiger charge is 2.19. The predicted molar refractivity (Wildman–Crippen MR) is 85.0 cm³/mol. The molecule has 0 saturated carbocycles. The van der Waals surface area contributed by atoms with Gasteiger partial charge in [-0.25, -0.2) is 9.97 Å². The molecule has 0 radical (unpaired) electrons. The summed E-state index contributed by atoms with van der Waals surface area (Å²) in [6, 6.07) is 7.49. The van der Waals surface area contributed by atoms with Gasteiger partial charge in [0.2, 0.25) is 5.95 Å². The number of para-hydroxylation sites is 2. The van der Waals surface area contributed by atoms with E-state index in [0.717, 1.165) is 5.69 Å². The second kappa shape index (κ2) is 7.06. The highest BCUT2D eigenvalue weighted by atomic mass is 16.5. The van der Waals surface area contributed by atoms with Gasteiger partial charge in [0.15, 0.2) is 0 Å². The molecule has 120 valence electrons. The third-order valence-corrected chi connectivity index (χ3v) is 3.55. The smallest absolute Gasteiger partial charge is 0.257 e. The standard InChI is InChI=1S/C16H18N4O3/c1-22-14-5-3-2-4-13(14)19-16-17-10-12(11-18-16)15(21)20-6-8-23-9-7-20/h2-5,10-11H,6-9H2,1H3,(H,17,18,19). The molecule has 0 spiro atoms. The van der Waals surface area contributed by atoms with Crippen LogP contribution in [0.4, 0.5) is 11.6 Å². The maximum Gasteiger partial charge on any atom is 0.257 e. The summed E-state index contributed by atoms with van der Waals surface area (Å²) < 4.78 is 10.5. The van der Waals surface area contributed by atoms with Crippen molar-refractivity contribution in [2.24, 2.45) is 0 Å². The Morgan fingerprint density at radius 3 is 2.61 bits per heavy atom. The van der Waals surface area contributed by atoms with E-state index in [1.807, 2.05) is 24.3 Å². The molecule has 0 aliphatic carbocycles. The van der Waals surface area contributed by atoms with Crippen LogP contribution >= 0.6 is 0 Å². The van der Waals surface area contributed by atoms with Gasteiger partial charge in [-0.15, -0.1) is 0 Å². The monoisotopic (exact) mass is 314 g/mol. The zero-order valence-electron chi connectivity index (χ0n) is 12.9. The van der Waals surface area contributed by atoms with Crippen LogP contribution in [-0.4, -0.2) is 54.2 Å². The van der Waals surface area contributed by atoms with E-state index in [1.54, 1.807) is 12.0 Å². The third kappa shape index (κ3) is 3.57. The topological polar surface area (TPSA) is 76.6 Å². The Morgan fingerprint density at radius 1 is 1.22 bits per heavy atom. The van der Waals surface area contributed by atoms with Crippen LogP contribution in [0.2, 0.25) is 0 Å². The van der Waals surface area contributed by atoms with Crippen LogP contribution in [0.15, 0.2) is 36.7 Å². The van der Waals surface area contributed by atoms with Crippen molar-refractivity contribution >= 4 is 17.5 Å². The second-order valence-electron chi connectivity index (χ2n) is 5.03. The summed E-state index contributed by atoms with van der Waals surface area (Å²) in [4.78, 5) is 22.5. The normalized spacial score (nSPS) is 14.4. The molecule has 1 amide bonds. The molecular formula is C16H18N4O3. The van der Waals surface area contributed by atoms with Crippen LogP contribution in [0.25, 0.3) is 0 Å². The Morgan fingerprint density at radius 2 is 1.91 bits per heavy atom. The van der Waals surface area contributed by atoms with Gasteiger partial charge in [-0.3, -0.25) is 4.79 Å². The Labute approximate surface area is 134 Å². The number of ether oxygens (including phenoxy) is 2. The molecule has 0 unspecified atom stereocenters. The van der Waals surface area contributed by atoms with Gasteiger partial charge in [0.05, 0.1) is 31.6 Å². The van der Waals surface area contributed by atoms with Gasteiger partial charge in [-0.1, -0.05) is 12.1 Å². The van der Waals surface area contributed by atoms with Crippen LogP contribution in [0, 0.1) is 0 Å². The van der Waals surface area contributed by atoms with Gasteiger partial charge in [0.25, 0.3) is 5.91 Å². The molecule has 1 aliphatic heterocycles. The molecule has 2 heterocycles. The molecule has 7 heteroatoms. The summed E-state index contributed by atoms with van der Waals surface area (Å²) >= 11 is 0. The first-order valence-corrected chi connectivity index (χ1v) is 7.37. The largest absolute Gasteiger partial charge is 0.495 e. The number of rotatable bonds is 4. The van der Waals surface area contributed by atoms with Gasteiger partial charge in [0, 0.05) is 25.5 Å². The van der Waals surface area contributed by atoms with E-state index in [-0.39, 0.29) is 5.91 Å². The fraction of sp³-hybridized carbons (Fsp3) is 0.312. The van der Waals surface area contributed by atoms with Gasteiger partial charge in [-0.05, 0) is 12.1 Å². The SMILES string of the molecule is COc1ccccc1Nc1ncc(C(=O)N2CCOCC2)cn1. The van der Waals surface area contributed by atoms with Crippen molar-refractivity contribution in [2.45, 2.75) is 0 Å². The van der Waals surface area contributed by atoms with Gasteiger partial charge >= 0.3 is 0 Å². The minimum Gasteiger partial charge on any atom is -0.495 e. The van der Waals surface area contributed by atoms with Gasteiger partial charge in [0.1, 0.15) is 5.75 Å². The van der Waals surface area contributed by atoms with Crippen molar-refractivity contribution in [1.82, 2.24) is 14.9 Å². The van der Waals surface area contributed by atoms with E-state index >= 15 is 0 Å². The van der Waals surface area contributed by atoms with E-state index < -0.39 is 0 Å². The number of benzene rings is 1. The van der Waals surface area contributed by atoms with E-state index in [9.17, 15) is 4.79 Å². The van der Waals surface area contributed by atoms with E-state index in [4.69, 9.17) is 9.47 Å². The minimum atomic E-state index is -0.0721. The molecule has 1 aliphatic rings. The quantitative estimate of drug-likeness (QED) is 0.925. The molecule has 1 fully saturated rings. The lowest BCUT2D eigenvalue weighted by Crippen LogP contribution is -2.40. The first kappa shape index (κ1) is 15.2. The zero-order valence-corrected chi connectivity index (χ0v) is 12.9. The molecule has 1 aromatic carbocycles. The lowest BCUT2D eigenvalue weighted by Gasteiger charge is -2.26. The summed E-state index contributed by atoms with van der Waals surface area (Å²) in [5.41, 5.74) is 1.24. The molecule has 1 N–H and O–H groups in total. The van der Waals surface area contributed by atoms with E-state index in [1.165, 1.54) is 12.4 Å². The Balaban J connectivity index is 1.70. The number of methoxy groups -OCH3 is 1. The number of hydrogen-bond donors (Lipinski definition) is 1. The molecule has 1 aromatic heterocycles. The minimum absolute atomic E-state index is 0.0721. The van der Waals surface area contributed by atoms with E-state index in [2.05, 4.69) is 15.3 Å². The van der Waals surface area contributed by atoms with Crippen molar-refractivity contribution in [3.63, 3.8) is 0 Å². The maximum absolute atomic E-state index is 12.3. The predicted octanol–water partition coefficient (Wildman–Crippen LogP) is 1.70. The molecule has 2 aromatic rings. The number of anilines is 2. The number of aromatic nitrogens is 2. The fourth-order valence-electron chi connectivity index (χ4n) is 2.32. The second-order valence-corrected chi connectivity index (χ2v) is 5.03. The molecule has 1 saturated heterocycles. The van der Waals surface area contributed by atoms with Crippen molar-refractivity contribution in [1.29, 1.82) is 0 Å². The molecular weight excluding hydrogens is 296 g/mol. The van der Waals surface area contributed by atoms with Crippen LogP contribution in [0.3, 0.4) is 0 Å². The average Bonchev–Trinajstić information content (AvgIpc) is 2.63. The van der Waals surface area contributed by atoms with Crippen molar-refractivity contribution in [3.8, 4) is 5.75 Å². The number of amides is 1. The first-order valence-electron chi connectivity index (χ1n) is 7.37. The molecule has 0 bridgehead atoms. The van der Waals surface area contributed by atoms with Crippen LogP contribution < -0.4 is 10.1 Å². The van der Waals surface area contributed by atoms with Crippen LogP contribution in [-0.2, 0) is 4.74 Å². The van der Waals surface area contributed by atoms with Crippen LogP contribution in [0.1, 0.15) is 10.4 Å². The number of hydrogen-bond acceptors (Lipinski definition) is 6. The first-order chi connectivity index (χ1) is 11.3. The summed E-state index contributed by atoms with van der Waals surface area (Å²) in [5, 5.41) is 3.08. The maximum atomic E-state index is 12.3. The molecule has 23 heavy (non-hydrogen) atoms. The van der Waals surface area contributed by atoms with E-state index in [0.29, 0.717) is 43.6 Å².